The Morgan fingerprint density at radius 2 is 2.22 bits per heavy atom. The van der Waals surface area contributed by atoms with Gasteiger partial charge in [0.05, 0.1) is 10.7 Å². The van der Waals surface area contributed by atoms with Gasteiger partial charge in [-0.05, 0) is 24.7 Å². The quantitative estimate of drug-likeness (QED) is 0.368. The highest BCUT2D eigenvalue weighted by molar-refractivity contribution is 8.23. The van der Waals surface area contributed by atoms with Gasteiger partial charge in [0.2, 0.25) is 0 Å². The number of benzene rings is 1. The number of thioether (sulfide) groups is 1. The molecule has 2 rings (SSSR count). The fraction of sp³-hybridized carbons (Fsp3) is 0.200. The van der Waals surface area contributed by atoms with E-state index in [1.165, 1.54) is 17.8 Å². The van der Waals surface area contributed by atoms with E-state index in [0.29, 0.717) is 5.06 Å². The number of carbonyl (C=O) groups excluding carboxylic acids is 1. The molecule has 1 aliphatic heterocycles. The van der Waals surface area contributed by atoms with Gasteiger partial charge in [0.1, 0.15) is 0 Å². The molecule has 1 amide bonds. The Balaban J connectivity index is 0.000000184. The number of nitro groups is 1. The predicted octanol–water partition coefficient (Wildman–Crippen LogP) is 2.14. The van der Waals surface area contributed by atoms with Crippen LogP contribution in [-0.4, -0.2) is 31.2 Å². The normalized spacial score (nSPS) is 14.2. The van der Waals surface area contributed by atoms with Crippen LogP contribution in [0.2, 0.25) is 0 Å². The van der Waals surface area contributed by atoms with Gasteiger partial charge in [0.15, 0.2) is 4.32 Å². The number of nitrogens with zero attached hydrogens (tertiary/aromatic N) is 2. The van der Waals surface area contributed by atoms with Crippen LogP contribution >= 0.6 is 24.0 Å². The van der Waals surface area contributed by atoms with Crippen LogP contribution in [0, 0.1) is 17.0 Å². The fourth-order valence-electron chi connectivity index (χ4n) is 1.09. The van der Waals surface area contributed by atoms with Crippen molar-refractivity contribution in [1.82, 2.24) is 5.06 Å². The van der Waals surface area contributed by atoms with E-state index in [4.69, 9.17) is 5.21 Å². The largest absolute Gasteiger partial charge is 0.280 e. The molecule has 0 saturated carbocycles. The Hall–Kier alpha value is -1.51. The third-order valence-corrected chi connectivity index (χ3v) is 3.28. The molecule has 0 bridgehead atoms. The summed E-state index contributed by atoms with van der Waals surface area (Å²) in [5.41, 5.74) is 1.06. The summed E-state index contributed by atoms with van der Waals surface area (Å²) in [6, 6.07) is 6.52. The zero-order valence-electron chi connectivity index (χ0n) is 9.40. The second kappa shape index (κ2) is 6.43. The Morgan fingerprint density at radius 1 is 1.56 bits per heavy atom. The van der Waals surface area contributed by atoms with E-state index in [9.17, 15) is 14.9 Å². The molecule has 0 unspecified atom stereocenters. The third-order valence-electron chi connectivity index (χ3n) is 1.94. The summed E-state index contributed by atoms with van der Waals surface area (Å²) in [4.78, 5) is 20.1. The molecule has 0 aliphatic carbocycles. The van der Waals surface area contributed by atoms with E-state index >= 15 is 0 Å². The van der Waals surface area contributed by atoms with Crippen LogP contribution in [0.5, 0.6) is 0 Å². The molecule has 96 valence electrons. The second-order valence-corrected chi connectivity index (χ2v) is 4.97. The number of amides is 1. The van der Waals surface area contributed by atoms with E-state index in [1.54, 1.807) is 12.1 Å². The first-order chi connectivity index (χ1) is 8.41. The van der Waals surface area contributed by atoms with Crippen molar-refractivity contribution in [1.29, 1.82) is 0 Å². The molecule has 1 aliphatic rings. The maximum absolute atomic E-state index is 10.4. The summed E-state index contributed by atoms with van der Waals surface area (Å²) in [7, 11) is 0. The number of nitro benzene ring substituents is 1. The van der Waals surface area contributed by atoms with Gasteiger partial charge < -0.3 is 0 Å². The van der Waals surface area contributed by atoms with Gasteiger partial charge in [-0.2, -0.15) is 5.06 Å². The lowest BCUT2D eigenvalue weighted by atomic mass is 10.2. The van der Waals surface area contributed by atoms with Crippen molar-refractivity contribution in [3.8, 4) is 0 Å². The number of thiocarbonyl (C=S) groups is 1. The minimum Gasteiger partial charge on any atom is -0.280 e. The van der Waals surface area contributed by atoms with E-state index in [-0.39, 0.29) is 21.7 Å². The SMILES string of the molecule is Cc1cccc([N+](=O)[O-])c1.O=C1CSC(=S)N1O. The molecule has 1 aromatic rings. The highest BCUT2D eigenvalue weighted by Crippen LogP contribution is 2.16. The summed E-state index contributed by atoms with van der Waals surface area (Å²) in [6.45, 7) is 1.83. The van der Waals surface area contributed by atoms with Crippen LogP contribution in [0.3, 0.4) is 0 Å². The number of hydrogen-bond acceptors (Lipinski definition) is 6. The highest BCUT2D eigenvalue weighted by Gasteiger charge is 2.24. The molecule has 0 radical (unpaired) electrons. The second-order valence-electron chi connectivity index (χ2n) is 3.36. The summed E-state index contributed by atoms with van der Waals surface area (Å²) in [5, 5.41) is 19.2. The Labute approximate surface area is 113 Å². The van der Waals surface area contributed by atoms with Gasteiger partial charge >= 0.3 is 0 Å². The molecule has 6 nitrogen and oxygen atoms in total. The summed E-state index contributed by atoms with van der Waals surface area (Å²) in [5.74, 6) is -0.0602. The molecule has 1 heterocycles. The lowest BCUT2D eigenvalue weighted by Crippen LogP contribution is -2.23. The molecule has 1 aromatic carbocycles. The lowest BCUT2D eigenvalue weighted by Gasteiger charge is -2.00. The number of carbonyl (C=O) groups is 1. The number of aryl methyl sites for hydroxylation is 1. The maximum atomic E-state index is 10.4. The Kier molecular flexibility index (Phi) is 5.20. The molecule has 18 heavy (non-hydrogen) atoms. The molecule has 1 N–H and O–H groups in total. The Bertz CT molecular complexity index is 477. The van der Waals surface area contributed by atoms with E-state index in [1.807, 2.05) is 13.0 Å². The first-order valence-corrected chi connectivity index (χ1v) is 6.21. The van der Waals surface area contributed by atoms with Crippen LogP contribution < -0.4 is 0 Å². The van der Waals surface area contributed by atoms with Crippen LogP contribution in [0.15, 0.2) is 24.3 Å². The van der Waals surface area contributed by atoms with Gasteiger partial charge in [-0.15, -0.1) is 0 Å². The smallest absolute Gasteiger partial charge is 0.269 e. The average Bonchev–Trinajstić information content (AvgIpc) is 2.61. The van der Waals surface area contributed by atoms with Crippen molar-refractivity contribution in [2.24, 2.45) is 0 Å². The number of rotatable bonds is 1. The summed E-state index contributed by atoms with van der Waals surface area (Å²) >= 11 is 5.71. The summed E-state index contributed by atoms with van der Waals surface area (Å²) in [6.07, 6.45) is 0. The van der Waals surface area contributed by atoms with Crippen molar-refractivity contribution in [3.05, 3.63) is 39.9 Å². The topological polar surface area (TPSA) is 83.7 Å². The van der Waals surface area contributed by atoms with Gasteiger partial charge in [0.25, 0.3) is 11.6 Å². The first-order valence-electron chi connectivity index (χ1n) is 4.81. The van der Waals surface area contributed by atoms with Gasteiger partial charge in [-0.1, -0.05) is 23.9 Å². The van der Waals surface area contributed by atoms with Gasteiger partial charge in [0, 0.05) is 12.1 Å². The molecule has 8 heteroatoms. The minimum absolute atomic E-state index is 0.153. The maximum Gasteiger partial charge on any atom is 0.269 e. The van der Waals surface area contributed by atoms with Crippen molar-refractivity contribution < 1.29 is 14.9 Å². The molecule has 1 fully saturated rings. The number of non-ortho nitro benzene ring substituents is 1. The molecular weight excluding hydrogens is 276 g/mol. The molecule has 0 spiro atoms. The first kappa shape index (κ1) is 14.6. The van der Waals surface area contributed by atoms with Crippen molar-refractivity contribution in [2.45, 2.75) is 6.92 Å². The monoisotopic (exact) mass is 286 g/mol. The fourth-order valence-corrected chi connectivity index (χ4v) is 1.96. The van der Waals surface area contributed by atoms with Crippen molar-refractivity contribution >= 4 is 39.9 Å². The highest BCUT2D eigenvalue weighted by atomic mass is 32.2. The number of hydrogen-bond donors (Lipinski definition) is 1. The Morgan fingerprint density at radius 3 is 2.50 bits per heavy atom. The van der Waals surface area contributed by atoms with Crippen molar-refractivity contribution in [3.63, 3.8) is 0 Å². The molecule has 0 atom stereocenters. The van der Waals surface area contributed by atoms with Crippen LogP contribution in [0.4, 0.5) is 5.69 Å². The van der Waals surface area contributed by atoms with Gasteiger partial charge in [-0.25, -0.2) is 0 Å². The number of hydroxylamine groups is 2. The average molecular weight is 286 g/mol. The van der Waals surface area contributed by atoms with Crippen LogP contribution in [-0.2, 0) is 4.79 Å². The molecular formula is C10H10N2O4S2. The van der Waals surface area contributed by atoms with Crippen LogP contribution in [0.25, 0.3) is 0 Å². The zero-order valence-corrected chi connectivity index (χ0v) is 11.0. The zero-order chi connectivity index (χ0) is 13.7. The molecule has 1 saturated heterocycles. The predicted molar refractivity (Wildman–Crippen MR) is 71.5 cm³/mol. The van der Waals surface area contributed by atoms with Crippen LogP contribution in [0.1, 0.15) is 5.56 Å². The lowest BCUT2D eigenvalue weighted by molar-refractivity contribution is -0.384. The summed E-state index contributed by atoms with van der Waals surface area (Å²) < 4.78 is 0.245. The van der Waals surface area contributed by atoms with E-state index < -0.39 is 4.92 Å². The standard InChI is InChI=1S/C7H7NO2.C3H3NO2S2/c1-6-3-2-4-7(5-6)8(9)10;5-2-1-8-3(7)4(2)6/h2-5H,1H3;6H,1H2. The van der Waals surface area contributed by atoms with Gasteiger partial charge in [-0.3, -0.25) is 20.1 Å². The van der Waals surface area contributed by atoms with Crippen molar-refractivity contribution in [2.75, 3.05) is 5.75 Å². The van der Waals surface area contributed by atoms with E-state index in [0.717, 1.165) is 5.56 Å². The molecule has 0 aromatic heterocycles. The van der Waals surface area contributed by atoms with E-state index in [2.05, 4.69) is 12.2 Å². The minimum atomic E-state index is -0.396. The third kappa shape index (κ3) is 4.06.